The third-order valence-electron chi connectivity index (χ3n) is 3.74. The molecule has 4 nitrogen and oxygen atoms in total. The highest BCUT2D eigenvalue weighted by Gasteiger charge is 2.22. The highest BCUT2D eigenvalue weighted by atomic mass is 32.1. The molecule has 1 fully saturated rings. The number of thiophene rings is 1. The molecule has 0 aliphatic carbocycles. The van der Waals surface area contributed by atoms with E-state index >= 15 is 0 Å². The van der Waals surface area contributed by atoms with E-state index in [1.165, 1.54) is 4.88 Å². The molecule has 5 heteroatoms. The van der Waals surface area contributed by atoms with E-state index in [9.17, 15) is 4.79 Å². The number of amides is 1. The molecule has 2 heterocycles. The lowest BCUT2D eigenvalue weighted by molar-refractivity contribution is 0.0639. The summed E-state index contributed by atoms with van der Waals surface area (Å²) >= 11 is 1.58. The summed E-state index contributed by atoms with van der Waals surface area (Å²) in [5.41, 5.74) is 0. The number of aliphatic hydroxyl groups excluding tert-OH is 1. The van der Waals surface area contributed by atoms with Gasteiger partial charge in [-0.2, -0.15) is 0 Å². The Morgan fingerprint density at radius 3 is 2.55 bits per heavy atom. The van der Waals surface area contributed by atoms with Gasteiger partial charge in [-0.1, -0.05) is 0 Å². The zero-order valence-corrected chi connectivity index (χ0v) is 13.0. The Bertz CT molecular complexity index is 425. The Morgan fingerprint density at radius 1 is 1.20 bits per heavy atom. The lowest BCUT2D eigenvalue weighted by Crippen LogP contribution is -2.48. The van der Waals surface area contributed by atoms with Crippen LogP contribution in [0.5, 0.6) is 0 Å². The Kier molecular flexibility index (Phi) is 6.01. The minimum absolute atomic E-state index is 0.183. The molecule has 1 aromatic heterocycles. The SMILES string of the molecule is Cc1ccc(C(=O)N2CCN(CCCCCO)CC2)s1. The lowest BCUT2D eigenvalue weighted by Gasteiger charge is -2.34. The van der Waals surface area contributed by atoms with Crippen LogP contribution in [0.4, 0.5) is 0 Å². The first kappa shape index (κ1) is 15.5. The summed E-state index contributed by atoms with van der Waals surface area (Å²) in [7, 11) is 0. The standard InChI is InChI=1S/C15H24N2O2S/c1-13-5-6-14(20-13)15(19)17-10-8-16(9-11-17)7-3-2-4-12-18/h5-6,18H,2-4,7-12H2,1H3. The summed E-state index contributed by atoms with van der Waals surface area (Å²) in [4.78, 5) is 18.7. The molecule has 0 radical (unpaired) electrons. The van der Waals surface area contributed by atoms with Crippen molar-refractivity contribution in [1.29, 1.82) is 0 Å². The molecule has 0 aromatic carbocycles. The van der Waals surface area contributed by atoms with Crippen molar-refractivity contribution in [1.82, 2.24) is 9.80 Å². The lowest BCUT2D eigenvalue weighted by atomic mass is 10.2. The number of hydrogen-bond acceptors (Lipinski definition) is 4. The van der Waals surface area contributed by atoms with E-state index in [2.05, 4.69) is 4.90 Å². The molecule has 112 valence electrons. The molecule has 0 unspecified atom stereocenters. The van der Waals surface area contributed by atoms with E-state index < -0.39 is 0 Å². The Labute approximate surface area is 125 Å². The van der Waals surface area contributed by atoms with Gasteiger partial charge in [0, 0.05) is 37.7 Å². The molecule has 1 N–H and O–H groups in total. The first-order valence-electron chi connectivity index (χ1n) is 7.39. The van der Waals surface area contributed by atoms with E-state index in [0.29, 0.717) is 6.61 Å². The van der Waals surface area contributed by atoms with Crippen LogP contribution in [0, 0.1) is 6.92 Å². The highest BCUT2D eigenvalue weighted by Crippen LogP contribution is 2.18. The highest BCUT2D eigenvalue weighted by molar-refractivity contribution is 7.13. The zero-order valence-electron chi connectivity index (χ0n) is 12.2. The minimum Gasteiger partial charge on any atom is -0.396 e. The molecule has 0 bridgehead atoms. The van der Waals surface area contributed by atoms with Crippen molar-refractivity contribution in [2.45, 2.75) is 26.2 Å². The number of nitrogens with zero attached hydrogens (tertiary/aromatic N) is 2. The number of carbonyl (C=O) groups excluding carboxylic acids is 1. The van der Waals surface area contributed by atoms with Gasteiger partial charge in [0.25, 0.3) is 5.91 Å². The van der Waals surface area contributed by atoms with Gasteiger partial charge >= 0.3 is 0 Å². The fourth-order valence-corrected chi connectivity index (χ4v) is 3.34. The van der Waals surface area contributed by atoms with Gasteiger partial charge in [-0.25, -0.2) is 0 Å². The average molecular weight is 296 g/mol. The van der Waals surface area contributed by atoms with Gasteiger partial charge in [-0.15, -0.1) is 11.3 Å². The van der Waals surface area contributed by atoms with Crippen molar-refractivity contribution in [3.63, 3.8) is 0 Å². The van der Waals surface area contributed by atoms with Gasteiger partial charge in [0.05, 0.1) is 4.88 Å². The molecule has 1 aromatic rings. The third-order valence-corrected chi connectivity index (χ3v) is 4.73. The van der Waals surface area contributed by atoms with Gasteiger partial charge in [0.15, 0.2) is 0 Å². The monoisotopic (exact) mass is 296 g/mol. The van der Waals surface area contributed by atoms with Gasteiger partial charge in [0.1, 0.15) is 0 Å². The fraction of sp³-hybridized carbons (Fsp3) is 0.667. The predicted octanol–water partition coefficient (Wildman–Crippen LogP) is 1.98. The largest absolute Gasteiger partial charge is 0.396 e. The second-order valence-corrected chi connectivity index (χ2v) is 6.62. The smallest absolute Gasteiger partial charge is 0.264 e. The second kappa shape index (κ2) is 7.76. The molecule has 2 rings (SSSR count). The van der Waals surface area contributed by atoms with Crippen molar-refractivity contribution < 1.29 is 9.90 Å². The molecule has 1 amide bonds. The maximum Gasteiger partial charge on any atom is 0.264 e. The minimum atomic E-state index is 0.183. The van der Waals surface area contributed by atoms with E-state index in [0.717, 1.165) is 56.9 Å². The molecule has 0 atom stereocenters. The first-order valence-corrected chi connectivity index (χ1v) is 8.21. The zero-order chi connectivity index (χ0) is 14.4. The van der Waals surface area contributed by atoms with Gasteiger partial charge < -0.3 is 10.0 Å². The van der Waals surface area contributed by atoms with Crippen molar-refractivity contribution >= 4 is 17.2 Å². The van der Waals surface area contributed by atoms with Crippen LogP contribution in [0.25, 0.3) is 0 Å². The van der Waals surface area contributed by atoms with Crippen LogP contribution in [0.2, 0.25) is 0 Å². The normalized spacial score (nSPS) is 16.6. The summed E-state index contributed by atoms with van der Waals surface area (Å²) in [6.07, 6.45) is 3.12. The number of carbonyl (C=O) groups is 1. The Balaban J connectivity index is 1.72. The summed E-state index contributed by atoms with van der Waals surface area (Å²) in [5, 5.41) is 8.75. The Morgan fingerprint density at radius 2 is 1.95 bits per heavy atom. The third kappa shape index (κ3) is 4.30. The van der Waals surface area contributed by atoms with Gasteiger partial charge in [-0.05, 0) is 44.9 Å². The van der Waals surface area contributed by atoms with Crippen molar-refractivity contribution in [3.8, 4) is 0 Å². The number of unbranched alkanes of at least 4 members (excludes halogenated alkanes) is 2. The van der Waals surface area contributed by atoms with Crippen LogP contribution in [0.1, 0.15) is 33.8 Å². The van der Waals surface area contributed by atoms with Crippen LogP contribution >= 0.6 is 11.3 Å². The molecule has 1 saturated heterocycles. The summed E-state index contributed by atoms with van der Waals surface area (Å²) in [6.45, 7) is 7.00. The van der Waals surface area contributed by atoms with Gasteiger partial charge in [-0.3, -0.25) is 9.69 Å². The number of rotatable bonds is 6. The molecule has 1 aliphatic rings. The quantitative estimate of drug-likeness (QED) is 0.816. The van der Waals surface area contributed by atoms with Crippen LogP contribution in [-0.4, -0.2) is 60.1 Å². The molecule has 0 spiro atoms. The average Bonchev–Trinajstić information content (AvgIpc) is 2.90. The number of piperazine rings is 1. The Hall–Kier alpha value is -0.910. The number of aliphatic hydroxyl groups is 1. The van der Waals surface area contributed by atoms with Crippen LogP contribution in [0.3, 0.4) is 0 Å². The summed E-state index contributed by atoms with van der Waals surface area (Å²) in [6, 6.07) is 3.94. The van der Waals surface area contributed by atoms with E-state index in [1.807, 2.05) is 24.0 Å². The second-order valence-electron chi connectivity index (χ2n) is 5.33. The maximum absolute atomic E-state index is 12.3. The maximum atomic E-state index is 12.3. The topological polar surface area (TPSA) is 43.8 Å². The molecular weight excluding hydrogens is 272 g/mol. The summed E-state index contributed by atoms with van der Waals surface area (Å²) < 4.78 is 0. The predicted molar refractivity (Wildman–Crippen MR) is 82.3 cm³/mol. The number of aryl methyl sites for hydroxylation is 1. The van der Waals surface area contributed by atoms with Crippen molar-refractivity contribution in [2.24, 2.45) is 0 Å². The molecule has 0 saturated carbocycles. The van der Waals surface area contributed by atoms with Crippen LogP contribution in [-0.2, 0) is 0 Å². The first-order chi connectivity index (χ1) is 9.70. The van der Waals surface area contributed by atoms with Crippen LogP contribution < -0.4 is 0 Å². The van der Waals surface area contributed by atoms with Crippen molar-refractivity contribution in [2.75, 3.05) is 39.3 Å². The van der Waals surface area contributed by atoms with E-state index in [4.69, 9.17) is 5.11 Å². The fourth-order valence-electron chi connectivity index (χ4n) is 2.50. The molecule has 20 heavy (non-hydrogen) atoms. The van der Waals surface area contributed by atoms with E-state index in [-0.39, 0.29) is 5.91 Å². The number of hydrogen-bond donors (Lipinski definition) is 1. The molecule has 1 aliphatic heterocycles. The van der Waals surface area contributed by atoms with Gasteiger partial charge in [0.2, 0.25) is 0 Å². The van der Waals surface area contributed by atoms with Crippen LogP contribution in [0.15, 0.2) is 12.1 Å². The van der Waals surface area contributed by atoms with E-state index in [1.54, 1.807) is 11.3 Å². The summed E-state index contributed by atoms with van der Waals surface area (Å²) in [5.74, 6) is 0.183. The van der Waals surface area contributed by atoms with Crippen molar-refractivity contribution in [3.05, 3.63) is 21.9 Å². The molecular formula is C15H24N2O2S.